The van der Waals surface area contributed by atoms with E-state index in [0.29, 0.717) is 6.61 Å². The summed E-state index contributed by atoms with van der Waals surface area (Å²) < 4.78 is 11.1. The van der Waals surface area contributed by atoms with E-state index in [1.54, 1.807) is 14.0 Å². The van der Waals surface area contributed by atoms with Crippen LogP contribution in [0.25, 0.3) is 0 Å². The molecule has 2 rings (SSSR count). The van der Waals surface area contributed by atoms with Gasteiger partial charge in [0.05, 0.1) is 25.4 Å². The monoisotopic (exact) mass is 265 g/mol. The predicted molar refractivity (Wildman–Crippen MR) is 75.9 cm³/mol. The third-order valence-electron chi connectivity index (χ3n) is 3.45. The fraction of sp³-hybridized carbons (Fsp3) is 0.600. The van der Waals surface area contributed by atoms with Gasteiger partial charge in [-0.15, -0.1) is 0 Å². The molecule has 1 fully saturated rings. The Bertz CT molecular complexity index is 443. The van der Waals surface area contributed by atoms with Gasteiger partial charge >= 0.3 is 0 Å². The number of aliphatic hydroxyl groups is 1. The number of aliphatic hydroxyl groups excluding tert-OH is 1. The lowest BCUT2D eigenvalue weighted by Crippen LogP contribution is -2.48. The average Bonchev–Trinajstić information content (AvgIpc) is 2.36. The van der Waals surface area contributed by atoms with Crippen molar-refractivity contribution >= 4 is 5.69 Å². The molecule has 0 radical (unpaired) electrons. The van der Waals surface area contributed by atoms with E-state index in [4.69, 9.17) is 9.47 Å². The normalized spacial score (nSPS) is 20.2. The predicted octanol–water partition coefficient (Wildman–Crippen LogP) is 2.36. The topological polar surface area (TPSA) is 41.9 Å². The number of hydrogen-bond acceptors (Lipinski definition) is 4. The number of rotatable bonds is 3. The Morgan fingerprint density at radius 1 is 1.42 bits per heavy atom. The van der Waals surface area contributed by atoms with Gasteiger partial charge in [-0.25, -0.2) is 0 Å². The molecule has 1 aromatic rings. The molecule has 0 bridgehead atoms. The van der Waals surface area contributed by atoms with E-state index in [0.717, 1.165) is 30.1 Å². The number of methoxy groups -OCH3 is 1. The molecule has 1 saturated heterocycles. The molecule has 0 spiro atoms. The smallest absolute Gasteiger partial charge is 0.126 e. The van der Waals surface area contributed by atoms with Crippen LogP contribution in [-0.2, 0) is 4.74 Å². The van der Waals surface area contributed by atoms with Crippen molar-refractivity contribution in [1.82, 2.24) is 0 Å². The van der Waals surface area contributed by atoms with Gasteiger partial charge in [-0.1, -0.05) is 6.07 Å². The summed E-state index contributed by atoms with van der Waals surface area (Å²) in [5, 5.41) is 10.0. The zero-order valence-corrected chi connectivity index (χ0v) is 12.1. The summed E-state index contributed by atoms with van der Waals surface area (Å²) in [5.41, 5.74) is 1.71. The first-order chi connectivity index (χ1) is 8.94. The minimum Gasteiger partial charge on any atom is -0.496 e. The van der Waals surface area contributed by atoms with Crippen LogP contribution in [-0.4, -0.2) is 37.5 Å². The Balaban J connectivity index is 2.38. The van der Waals surface area contributed by atoms with Crippen molar-refractivity contribution in [3.05, 3.63) is 23.8 Å². The van der Waals surface area contributed by atoms with Crippen LogP contribution in [0.1, 0.15) is 32.4 Å². The van der Waals surface area contributed by atoms with Gasteiger partial charge in [0.1, 0.15) is 5.75 Å². The molecular weight excluding hydrogens is 242 g/mol. The summed E-state index contributed by atoms with van der Waals surface area (Å²) in [6.45, 7) is 8.27. The number of ether oxygens (including phenoxy) is 2. The van der Waals surface area contributed by atoms with Gasteiger partial charge in [0, 0.05) is 24.3 Å². The van der Waals surface area contributed by atoms with Crippen molar-refractivity contribution in [2.75, 3.05) is 31.7 Å². The second kappa shape index (κ2) is 5.39. The Labute approximate surface area is 114 Å². The maximum atomic E-state index is 10.0. The van der Waals surface area contributed by atoms with Crippen molar-refractivity contribution in [3.8, 4) is 5.75 Å². The average molecular weight is 265 g/mol. The van der Waals surface area contributed by atoms with E-state index in [9.17, 15) is 5.11 Å². The van der Waals surface area contributed by atoms with Crippen molar-refractivity contribution < 1.29 is 14.6 Å². The number of morpholine rings is 1. The molecule has 0 amide bonds. The van der Waals surface area contributed by atoms with Gasteiger partial charge < -0.3 is 19.5 Å². The molecule has 0 aromatic heterocycles. The molecule has 1 heterocycles. The Kier molecular flexibility index (Phi) is 4.02. The van der Waals surface area contributed by atoms with Gasteiger partial charge in [0.15, 0.2) is 0 Å². The van der Waals surface area contributed by atoms with Crippen LogP contribution < -0.4 is 9.64 Å². The third-order valence-corrected chi connectivity index (χ3v) is 3.45. The summed E-state index contributed by atoms with van der Waals surface area (Å²) in [6, 6.07) is 5.88. The van der Waals surface area contributed by atoms with Gasteiger partial charge in [-0.05, 0) is 32.9 Å². The maximum absolute atomic E-state index is 10.0. The quantitative estimate of drug-likeness (QED) is 0.911. The van der Waals surface area contributed by atoms with Crippen LogP contribution in [0.5, 0.6) is 5.75 Å². The summed E-state index contributed by atoms with van der Waals surface area (Å²) >= 11 is 0. The lowest BCUT2D eigenvalue weighted by Gasteiger charge is -2.40. The summed E-state index contributed by atoms with van der Waals surface area (Å²) in [5.74, 6) is 0.733. The largest absolute Gasteiger partial charge is 0.496 e. The van der Waals surface area contributed by atoms with E-state index < -0.39 is 6.10 Å². The number of anilines is 1. The molecule has 1 N–H and O–H groups in total. The first-order valence-electron chi connectivity index (χ1n) is 6.68. The van der Waals surface area contributed by atoms with Gasteiger partial charge in [-0.3, -0.25) is 0 Å². The first kappa shape index (κ1) is 14.2. The molecule has 1 aliphatic heterocycles. The molecule has 19 heavy (non-hydrogen) atoms. The third kappa shape index (κ3) is 3.01. The molecule has 4 heteroatoms. The molecule has 0 saturated carbocycles. The lowest BCUT2D eigenvalue weighted by molar-refractivity contribution is -0.0278. The van der Waals surface area contributed by atoms with Crippen molar-refractivity contribution in [2.24, 2.45) is 0 Å². The zero-order valence-electron chi connectivity index (χ0n) is 12.1. The van der Waals surface area contributed by atoms with Crippen LogP contribution in [0, 0.1) is 0 Å². The van der Waals surface area contributed by atoms with Gasteiger partial charge in [-0.2, -0.15) is 0 Å². The standard InChI is InChI=1S/C15H23NO3/c1-11(17)14-12(6-5-7-13(14)18-4)16-8-9-19-15(2,3)10-16/h5-7,11,17H,8-10H2,1-4H3/t11-/m1/s1. The summed E-state index contributed by atoms with van der Waals surface area (Å²) in [6.07, 6.45) is -0.558. The Morgan fingerprint density at radius 3 is 2.74 bits per heavy atom. The van der Waals surface area contributed by atoms with Crippen LogP contribution in [0.4, 0.5) is 5.69 Å². The minimum atomic E-state index is -0.558. The molecule has 1 aromatic carbocycles. The fourth-order valence-corrected chi connectivity index (χ4v) is 2.63. The number of benzene rings is 1. The number of hydrogen-bond donors (Lipinski definition) is 1. The van der Waals surface area contributed by atoms with E-state index >= 15 is 0 Å². The maximum Gasteiger partial charge on any atom is 0.126 e. The molecular formula is C15H23NO3. The second-order valence-electron chi connectivity index (χ2n) is 5.60. The van der Waals surface area contributed by atoms with Crippen molar-refractivity contribution in [1.29, 1.82) is 0 Å². The van der Waals surface area contributed by atoms with Crippen LogP contribution in [0.2, 0.25) is 0 Å². The fourth-order valence-electron chi connectivity index (χ4n) is 2.63. The lowest BCUT2D eigenvalue weighted by atomic mass is 10.0. The van der Waals surface area contributed by atoms with Crippen LogP contribution in [0.3, 0.4) is 0 Å². The first-order valence-corrected chi connectivity index (χ1v) is 6.68. The Morgan fingerprint density at radius 2 is 2.16 bits per heavy atom. The highest BCUT2D eigenvalue weighted by Gasteiger charge is 2.29. The van der Waals surface area contributed by atoms with E-state index in [1.807, 2.05) is 18.2 Å². The van der Waals surface area contributed by atoms with Crippen molar-refractivity contribution in [2.45, 2.75) is 32.5 Å². The molecule has 0 aliphatic carbocycles. The van der Waals surface area contributed by atoms with Crippen LogP contribution >= 0.6 is 0 Å². The van der Waals surface area contributed by atoms with E-state index in [2.05, 4.69) is 18.7 Å². The highest BCUT2D eigenvalue weighted by molar-refractivity contribution is 5.60. The molecule has 106 valence electrons. The Hall–Kier alpha value is -1.26. The van der Waals surface area contributed by atoms with E-state index in [-0.39, 0.29) is 5.60 Å². The number of nitrogens with zero attached hydrogens (tertiary/aromatic N) is 1. The molecule has 1 aliphatic rings. The van der Waals surface area contributed by atoms with Gasteiger partial charge in [0.2, 0.25) is 0 Å². The van der Waals surface area contributed by atoms with E-state index in [1.165, 1.54) is 0 Å². The summed E-state index contributed by atoms with van der Waals surface area (Å²) in [7, 11) is 1.63. The SMILES string of the molecule is COc1cccc(N2CCOC(C)(C)C2)c1[C@@H](C)O. The minimum absolute atomic E-state index is 0.169. The highest BCUT2D eigenvalue weighted by atomic mass is 16.5. The molecule has 0 unspecified atom stereocenters. The zero-order chi connectivity index (χ0) is 14.0. The van der Waals surface area contributed by atoms with Crippen molar-refractivity contribution in [3.63, 3.8) is 0 Å². The highest BCUT2D eigenvalue weighted by Crippen LogP contribution is 2.36. The molecule has 1 atom stereocenters. The molecule has 4 nitrogen and oxygen atoms in total. The summed E-state index contributed by atoms with van der Waals surface area (Å²) in [4.78, 5) is 2.26. The van der Waals surface area contributed by atoms with Gasteiger partial charge in [0.25, 0.3) is 0 Å². The van der Waals surface area contributed by atoms with Crippen LogP contribution in [0.15, 0.2) is 18.2 Å². The second-order valence-corrected chi connectivity index (χ2v) is 5.60.